The van der Waals surface area contributed by atoms with E-state index in [1.807, 2.05) is 33.8 Å². The van der Waals surface area contributed by atoms with Gasteiger partial charge in [0.2, 0.25) is 0 Å². The summed E-state index contributed by atoms with van der Waals surface area (Å²) in [6.45, 7) is 11.9. The highest BCUT2D eigenvalue weighted by Crippen LogP contribution is 2.20. The molecule has 162 valence electrons. The smallest absolute Gasteiger partial charge is 0.410 e. The highest BCUT2D eigenvalue weighted by atomic mass is 35.5. The maximum atomic E-state index is 12.1. The first-order valence-corrected chi connectivity index (χ1v) is 10.4. The van der Waals surface area contributed by atoms with Crippen LogP contribution in [0.15, 0.2) is 18.2 Å². The van der Waals surface area contributed by atoms with Crippen LogP contribution in [0, 0.1) is 6.92 Å². The van der Waals surface area contributed by atoms with Crippen molar-refractivity contribution in [3.63, 3.8) is 0 Å². The number of carbonyl (C=O) groups excluding carboxylic acids is 2. The van der Waals surface area contributed by atoms with E-state index in [4.69, 9.17) is 21.1 Å². The molecule has 29 heavy (non-hydrogen) atoms. The molecular formula is C21H32ClN3O4. The SMILES string of the molecule is Cc1cc(OCC(=O)NCCCN2CCN(C(=O)OC(C)(C)C)CC2)ccc1Cl. The highest BCUT2D eigenvalue weighted by Gasteiger charge is 2.25. The van der Waals surface area contributed by atoms with Crippen molar-refractivity contribution in [1.29, 1.82) is 0 Å². The Labute approximate surface area is 178 Å². The third-order valence-electron chi connectivity index (χ3n) is 4.50. The minimum atomic E-state index is -0.470. The van der Waals surface area contributed by atoms with E-state index in [0.29, 0.717) is 30.4 Å². The molecule has 8 heteroatoms. The number of amides is 2. The quantitative estimate of drug-likeness (QED) is 0.680. The molecule has 0 radical (unpaired) electrons. The monoisotopic (exact) mass is 425 g/mol. The van der Waals surface area contributed by atoms with E-state index in [2.05, 4.69) is 10.2 Å². The number of rotatable bonds is 7. The van der Waals surface area contributed by atoms with Gasteiger partial charge in [-0.15, -0.1) is 0 Å². The van der Waals surface area contributed by atoms with Gasteiger partial charge < -0.3 is 19.7 Å². The number of piperazine rings is 1. The molecule has 1 fully saturated rings. The van der Waals surface area contributed by atoms with Crippen LogP contribution in [-0.4, -0.2) is 73.3 Å². The number of hydrogen-bond donors (Lipinski definition) is 1. The molecule has 0 aliphatic carbocycles. The first kappa shape index (κ1) is 23.3. The number of carbonyl (C=O) groups is 2. The molecule has 1 aliphatic heterocycles. The summed E-state index contributed by atoms with van der Waals surface area (Å²) in [6, 6.07) is 5.32. The molecule has 2 rings (SSSR count). The van der Waals surface area contributed by atoms with Gasteiger partial charge >= 0.3 is 6.09 Å². The lowest BCUT2D eigenvalue weighted by molar-refractivity contribution is -0.123. The van der Waals surface area contributed by atoms with Gasteiger partial charge in [0.15, 0.2) is 6.61 Å². The van der Waals surface area contributed by atoms with Crippen molar-refractivity contribution >= 4 is 23.6 Å². The molecular weight excluding hydrogens is 394 g/mol. The summed E-state index contributed by atoms with van der Waals surface area (Å²) >= 11 is 5.98. The zero-order valence-electron chi connectivity index (χ0n) is 17.8. The highest BCUT2D eigenvalue weighted by molar-refractivity contribution is 6.31. The fourth-order valence-electron chi connectivity index (χ4n) is 2.92. The Morgan fingerprint density at radius 2 is 1.86 bits per heavy atom. The Hall–Kier alpha value is -1.99. The van der Waals surface area contributed by atoms with Crippen LogP contribution in [0.25, 0.3) is 0 Å². The second-order valence-corrected chi connectivity index (χ2v) is 8.62. The molecule has 1 aromatic carbocycles. The minimum Gasteiger partial charge on any atom is -0.484 e. The van der Waals surface area contributed by atoms with Crippen molar-refractivity contribution < 1.29 is 19.1 Å². The molecule has 0 atom stereocenters. The number of hydrogen-bond acceptors (Lipinski definition) is 5. The molecule has 0 spiro atoms. The second-order valence-electron chi connectivity index (χ2n) is 8.21. The average molecular weight is 426 g/mol. The van der Waals surface area contributed by atoms with Gasteiger partial charge in [-0.1, -0.05) is 11.6 Å². The van der Waals surface area contributed by atoms with Crippen LogP contribution >= 0.6 is 11.6 Å². The fraction of sp³-hybridized carbons (Fsp3) is 0.619. The van der Waals surface area contributed by atoms with E-state index < -0.39 is 5.60 Å². The molecule has 1 heterocycles. The number of nitrogens with one attached hydrogen (secondary N) is 1. The van der Waals surface area contributed by atoms with Gasteiger partial charge in [-0.25, -0.2) is 4.79 Å². The number of aryl methyl sites for hydroxylation is 1. The van der Waals surface area contributed by atoms with Gasteiger partial charge in [0, 0.05) is 37.7 Å². The first-order chi connectivity index (χ1) is 13.6. The third-order valence-corrected chi connectivity index (χ3v) is 4.92. The molecule has 2 amide bonds. The van der Waals surface area contributed by atoms with Crippen molar-refractivity contribution in [2.75, 3.05) is 45.9 Å². The summed E-state index contributed by atoms with van der Waals surface area (Å²) in [7, 11) is 0. The normalized spacial score (nSPS) is 15.1. The standard InChI is InChI=1S/C21H32ClN3O4/c1-16-14-17(6-7-18(16)22)28-15-19(26)23-8-5-9-24-10-12-25(13-11-24)20(27)29-21(2,3)4/h6-7,14H,5,8-13,15H2,1-4H3,(H,23,26). The molecule has 1 aromatic rings. The second kappa shape index (κ2) is 10.7. The van der Waals surface area contributed by atoms with Gasteiger partial charge in [0.25, 0.3) is 5.91 Å². The molecule has 0 unspecified atom stereocenters. The van der Waals surface area contributed by atoms with Crippen molar-refractivity contribution in [1.82, 2.24) is 15.1 Å². The lowest BCUT2D eigenvalue weighted by atomic mass is 10.2. The summed E-state index contributed by atoms with van der Waals surface area (Å²) in [5.41, 5.74) is 0.444. The van der Waals surface area contributed by atoms with Gasteiger partial charge in [-0.2, -0.15) is 0 Å². The number of benzene rings is 1. The summed E-state index contributed by atoms with van der Waals surface area (Å²) < 4.78 is 10.9. The zero-order chi connectivity index (χ0) is 21.4. The molecule has 1 N–H and O–H groups in total. The van der Waals surface area contributed by atoms with Crippen LogP contribution in [0.5, 0.6) is 5.75 Å². The maximum Gasteiger partial charge on any atom is 0.410 e. The largest absolute Gasteiger partial charge is 0.484 e. The van der Waals surface area contributed by atoms with E-state index in [9.17, 15) is 9.59 Å². The predicted molar refractivity (Wildman–Crippen MR) is 114 cm³/mol. The maximum absolute atomic E-state index is 12.1. The van der Waals surface area contributed by atoms with Crippen LogP contribution in [0.1, 0.15) is 32.8 Å². The first-order valence-electron chi connectivity index (χ1n) is 10.00. The molecule has 0 saturated carbocycles. The topological polar surface area (TPSA) is 71.1 Å². The Morgan fingerprint density at radius 1 is 1.17 bits per heavy atom. The summed E-state index contributed by atoms with van der Waals surface area (Å²) in [5, 5.41) is 3.54. The minimum absolute atomic E-state index is 0.0182. The van der Waals surface area contributed by atoms with Crippen molar-refractivity contribution in [3.8, 4) is 5.75 Å². The Balaban J connectivity index is 1.57. The van der Waals surface area contributed by atoms with E-state index in [1.165, 1.54) is 0 Å². The van der Waals surface area contributed by atoms with Crippen molar-refractivity contribution in [3.05, 3.63) is 28.8 Å². The lowest BCUT2D eigenvalue weighted by Crippen LogP contribution is -2.50. The van der Waals surface area contributed by atoms with Crippen LogP contribution < -0.4 is 10.1 Å². The van der Waals surface area contributed by atoms with E-state index in [1.54, 1.807) is 17.0 Å². The van der Waals surface area contributed by atoms with Crippen molar-refractivity contribution in [2.45, 2.75) is 39.7 Å². The van der Waals surface area contributed by atoms with Crippen LogP contribution in [0.4, 0.5) is 4.79 Å². The summed E-state index contributed by atoms with van der Waals surface area (Å²) in [4.78, 5) is 28.0. The Bertz CT molecular complexity index is 698. The van der Waals surface area contributed by atoms with Gasteiger partial charge in [0.1, 0.15) is 11.4 Å². The Morgan fingerprint density at radius 3 is 2.48 bits per heavy atom. The number of ether oxygens (including phenoxy) is 2. The summed E-state index contributed by atoms with van der Waals surface area (Å²) in [6.07, 6.45) is 0.596. The van der Waals surface area contributed by atoms with E-state index in [0.717, 1.165) is 31.6 Å². The number of nitrogens with zero attached hydrogens (tertiary/aromatic N) is 2. The molecule has 7 nitrogen and oxygen atoms in total. The van der Waals surface area contributed by atoms with Crippen LogP contribution in [-0.2, 0) is 9.53 Å². The Kier molecular flexibility index (Phi) is 8.59. The van der Waals surface area contributed by atoms with Crippen molar-refractivity contribution in [2.24, 2.45) is 0 Å². The third kappa shape index (κ3) is 8.50. The zero-order valence-corrected chi connectivity index (χ0v) is 18.6. The molecule has 1 saturated heterocycles. The van der Waals surface area contributed by atoms with Gasteiger partial charge in [0.05, 0.1) is 0 Å². The van der Waals surface area contributed by atoms with Gasteiger partial charge in [-0.05, 0) is 64.4 Å². The molecule has 0 bridgehead atoms. The number of halogens is 1. The average Bonchev–Trinajstić information content (AvgIpc) is 2.65. The van der Waals surface area contributed by atoms with Crippen LogP contribution in [0.2, 0.25) is 5.02 Å². The predicted octanol–water partition coefficient (Wildman–Crippen LogP) is 3.09. The molecule has 0 aromatic heterocycles. The van der Waals surface area contributed by atoms with E-state index in [-0.39, 0.29) is 18.6 Å². The van der Waals surface area contributed by atoms with E-state index >= 15 is 0 Å². The fourth-order valence-corrected chi connectivity index (χ4v) is 3.04. The molecule has 1 aliphatic rings. The van der Waals surface area contributed by atoms with Crippen LogP contribution in [0.3, 0.4) is 0 Å². The summed E-state index contributed by atoms with van der Waals surface area (Å²) in [5.74, 6) is 0.484. The van der Waals surface area contributed by atoms with Gasteiger partial charge in [-0.3, -0.25) is 9.69 Å². The lowest BCUT2D eigenvalue weighted by Gasteiger charge is -2.35.